The lowest BCUT2D eigenvalue weighted by atomic mass is 10.2. The van der Waals surface area contributed by atoms with Crippen molar-refractivity contribution in [3.05, 3.63) is 11.3 Å². The third-order valence-electron chi connectivity index (χ3n) is 3.71. The van der Waals surface area contributed by atoms with Gasteiger partial charge in [0.25, 0.3) is 0 Å². The van der Waals surface area contributed by atoms with Crippen molar-refractivity contribution in [1.82, 2.24) is 15.3 Å². The van der Waals surface area contributed by atoms with Crippen LogP contribution < -0.4 is 16.0 Å². The summed E-state index contributed by atoms with van der Waals surface area (Å²) < 4.78 is 0. The number of aromatic nitrogens is 2. The standard InChI is InChI=1S/C11H17N5/c1-6-7(2)14-11(12)15-10(6)16-5-8-3-9(16)4-13-8/h8-9,13H,3-5H2,1-2H3,(H2,12,14,15). The third-order valence-corrected chi connectivity index (χ3v) is 3.71. The van der Waals surface area contributed by atoms with Crippen molar-refractivity contribution in [2.45, 2.75) is 32.4 Å². The third kappa shape index (κ3) is 1.35. The van der Waals surface area contributed by atoms with Crippen molar-refractivity contribution in [2.75, 3.05) is 23.7 Å². The van der Waals surface area contributed by atoms with Crippen LogP contribution in [0.5, 0.6) is 0 Å². The molecular formula is C11H17N5. The Bertz CT molecular complexity index is 431. The van der Waals surface area contributed by atoms with E-state index in [0.717, 1.165) is 30.2 Å². The summed E-state index contributed by atoms with van der Waals surface area (Å²) in [5, 5.41) is 3.49. The Morgan fingerprint density at radius 1 is 1.38 bits per heavy atom. The van der Waals surface area contributed by atoms with Gasteiger partial charge < -0.3 is 16.0 Å². The number of rotatable bonds is 1. The van der Waals surface area contributed by atoms with Crippen LogP contribution in [-0.4, -0.2) is 35.1 Å². The summed E-state index contributed by atoms with van der Waals surface area (Å²) in [5.74, 6) is 1.41. The summed E-state index contributed by atoms with van der Waals surface area (Å²) in [5.41, 5.74) is 7.87. The van der Waals surface area contributed by atoms with E-state index in [9.17, 15) is 0 Å². The molecule has 5 nitrogen and oxygen atoms in total. The highest BCUT2D eigenvalue weighted by atomic mass is 15.3. The lowest BCUT2D eigenvalue weighted by Crippen LogP contribution is -2.44. The largest absolute Gasteiger partial charge is 0.368 e. The predicted molar refractivity (Wildman–Crippen MR) is 63.5 cm³/mol. The Morgan fingerprint density at radius 3 is 2.81 bits per heavy atom. The zero-order valence-electron chi connectivity index (χ0n) is 9.70. The number of piperazine rings is 1. The first kappa shape index (κ1) is 9.84. The SMILES string of the molecule is Cc1nc(N)nc(N2CC3CC2CN3)c1C. The van der Waals surface area contributed by atoms with Gasteiger partial charge in [-0.15, -0.1) is 0 Å². The molecule has 0 saturated carbocycles. The first-order valence-corrected chi connectivity index (χ1v) is 5.76. The molecule has 0 spiro atoms. The molecule has 2 saturated heterocycles. The van der Waals surface area contributed by atoms with E-state index in [4.69, 9.17) is 5.73 Å². The van der Waals surface area contributed by atoms with E-state index in [1.165, 1.54) is 6.42 Å². The summed E-state index contributed by atoms with van der Waals surface area (Å²) in [6.07, 6.45) is 1.22. The predicted octanol–water partition coefficient (Wildman–Crippen LogP) is 0.226. The average Bonchev–Trinajstić information content (AvgIpc) is 2.84. The molecule has 2 fully saturated rings. The summed E-state index contributed by atoms with van der Waals surface area (Å²) >= 11 is 0. The van der Waals surface area contributed by atoms with Crippen LogP contribution in [0.2, 0.25) is 0 Å². The van der Waals surface area contributed by atoms with Crippen LogP contribution in [0.3, 0.4) is 0 Å². The van der Waals surface area contributed by atoms with Crippen LogP contribution >= 0.6 is 0 Å². The topological polar surface area (TPSA) is 67.1 Å². The fourth-order valence-electron chi connectivity index (χ4n) is 2.73. The minimum atomic E-state index is 0.383. The van der Waals surface area contributed by atoms with Gasteiger partial charge in [0.2, 0.25) is 5.95 Å². The highest BCUT2D eigenvalue weighted by molar-refractivity contribution is 5.53. The first-order chi connectivity index (χ1) is 7.65. The van der Waals surface area contributed by atoms with Gasteiger partial charge >= 0.3 is 0 Å². The van der Waals surface area contributed by atoms with Gasteiger partial charge in [-0.1, -0.05) is 0 Å². The summed E-state index contributed by atoms with van der Waals surface area (Å²) in [6, 6.07) is 1.21. The van der Waals surface area contributed by atoms with E-state index < -0.39 is 0 Å². The molecule has 1 aromatic rings. The van der Waals surface area contributed by atoms with E-state index in [2.05, 4.69) is 27.1 Å². The molecule has 2 bridgehead atoms. The molecule has 3 heterocycles. The molecule has 86 valence electrons. The maximum Gasteiger partial charge on any atom is 0.222 e. The Morgan fingerprint density at radius 2 is 2.19 bits per heavy atom. The second-order valence-corrected chi connectivity index (χ2v) is 4.76. The van der Waals surface area contributed by atoms with Crippen molar-refractivity contribution >= 4 is 11.8 Å². The van der Waals surface area contributed by atoms with E-state index in [1.807, 2.05) is 6.92 Å². The zero-order chi connectivity index (χ0) is 11.3. The smallest absolute Gasteiger partial charge is 0.222 e. The number of aryl methyl sites for hydroxylation is 1. The van der Waals surface area contributed by atoms with E-state index in [-0.39, 0.29) is 0 Å². The molecule has 16 heavy (non-hydrogen) atoms. The lowest BCUT2D eigenvalue weighted by Gasteiger charge is -2.30. The van der Waals surface area contributed by atoms with E-state index >= 15 is 0 Å². The van der Waals surface area contributed by atoms with Crippen LogP contribution in [0.15, 0.2) is 0 Å². The molecule has 2 atom stereocenters. The first-order valence-electron chi connectivity index (χ1n) is 5.76. The van der Waals surface area contributed by atoms with Crippen LogP contribution in [0.25, 0.3) is 0 Å². The fraction of sp³-hybridized carbons (Fsp3) is 0.636. The van der Waals surface area contributed by atoms with Gasteiger partial charge in [-0.3, -0.25) is 0 Å². The fourth-order valence-corrected chi connectivity index (χ4v) is 2.73. The van der Waals surface area contributed by atoms with Gasteiger partial charge in [-0.05, 0) is 20.3 Å². The van der Waals surface area contributed by atoms with Gasteiger partial charge in [0, 0.05) is 36.4 Å². The number of nitrogens with zero attached hydrogens (tertiary/aromatic N) is 3. The normalized spacial score (nSPS) is 27.8. The van der Waals surface area contributed by atoms with E-state index in [1.54, 1.807) is 0 Å². The highest BCUT2D eigenvalue weighted by Gasteiger charge is 2.38. The molecule has 0 aliphatic carbocycles. The Hall–Kier alpha value is -1.36. The second kappa shape index (κ2) is 3.31. The Balaban J connectivity index is 2.00. The average molecular weight is 219 g/mol. The lowest BCUT2D eigenvalue weighted by molar-refractivity contribution is 0.575. The minimum Gasteiger partial charge on any atom is -0.368 e. The maximum atomic E-state index is 5.73. The van der Waals surface area contributed by atoms with Crippen LogP contribution in [0.1, 0.15) is 17.7 Å². The van der Waals surface area contributed by atoms with Crippen molar-refractivity contribution in [3.63, 3.8) is 0 Å². The molecule has 2 unspecified atom stereocenters. The molecule has 2 aliphatic rings. The molecule has 0 amide bonds. The molecule has 2 aliphatic heterocycles. The monoisotopic (exact) mass is 219 g/mol. The summed E-state index contributed by atoms with van der Waals surface area (Å²) in [4.78, 5) is 11.0. The maximum absolute atomic E-state index is 5.73. The second-order valence-electron chi connectivity index (χ2n) is 4.76. The van der Waals surface area contributed by atoms with Crippen LogP contribution in [0.4, 0.5) is 11.8 Å². The van der Waals surface area contributed by atoms with Crippen molar-refractivity contribution in [3.8, 4) is 0 Å². The van der Waals surface area contributed by atoms with Crippen molar-refractivity contribution in [1.29, 1.82) is 0 Å². The molecule has 1 aromatic heterocycles. The zero-order valence-corrected chi connectivity index (χ0v) is 9.70. The van der Waals surface area contributed by atoms with Gasteiger partial charge in [0.1, 0.15) is 5.82 Å². The van der Waals surface area contributed by atoms with Gasteiger partial charge in [-0.25, -0.2) is 4.98 Å². The van der Waals surface area contributed by atoms with Gasteiger partial charge in [0.15, 0.2) is 0 Å². The van der Waals surface area contributed by atoms with Crippen molar-refractivity contribution in [2.24, 2.45) is 0 Å². The quantitative estimate of drug-likeness (QED) is 0.707. The molecule has 3 N–H and O–H groups in total. The van der Waals surface area contributed by atoms with Gasteiger partial charge in [-0.2, -0.15) is 4.98 Å². The Labute approximate surface area is 95.1 Å². The summed E-state index contributed by atoms with van der Waals surface area (Å²) in [6.45, 7) is 6.17. The molecule has 0 radical (unpaired) electrons. The number of hydrogen-bond acceptors (Lipinski definition) is 5. The number of anilines is 2. The number of hydrogen-bond donors (Lipinski definition) is 2. The molecular weight excluding hydrogens is 202 g/mol. The molecule has 0 aromatic carbocycles. The summed E-state index contributed by atoms with van der Waals surface area (Å²) in [7, 11) is 0. The highest BCUT2D eigenvalue weighted by Crippen LogP contribution is 2.31. The number of nitrogen functional groups attached to an aromatic ring is 1. The van der Waals surface area contributed by atoms with E-state index in [0.29, 0.717) is 18.0 Å². The van der Waals surface area contributed by atoms with Crippen LogP contribution in [-0.2, 0) is 0 Å². The molecule has 5 heteroatoms. The van der Waals surface area contributed by atoms with Crippen LogP contribution in [0, 0.1) is 13.8 Å². The number of nitrogens with two attached hydrogens (primary N) is 1. The number of nitrogens with one attached hydrogen (secondary N) is 1. The number of fused-ring (bicyclic) bond motifs is 2. The molecule has 3 rings (SSSR count). The minimum absolute atomic E-state index is 0.383. The van der Waals surface area contributed by atoms with Crippen molar-refractivity contribution < 1.29 is 0 Å². The van der Waals surface area contributed by atoms with Gasteiger partial charge in [0.05, 0.1) is 0 Å². The Kier molecular flexibility index (Phi) is 2.04.